The van der Waals surface area contributed by atoms with E-state index >= 15 is 0 Å². The summed E-state index contributed by atoms with van der Waals surface area (Å²) in [6.45, 7) is 6.69. The first-order chi connectivity index (χ1) is 10.7. The van der Waals surface area contributed by atoms with E-state index in [-0.39, 0.29) is 12.5 Å². The van der Waals surface area contributed by atoms with Gasteiger partial charge in [0, 0.05) is 32.3 Å². The van der Waals surface area contributed by atoms with Gasteiger partial charge in [-0.2, -0.15) is 5.26 Å². The van der Waals surface area contributed by atoms with Crippen LogP contribution in [0.1, 0.15) is 12.5 Å². The molecule has 0 spiro atoms. The number of likely N-dealkylation sites (N-methyl/N-ethyl adjacent to an activating group) is 1. The highest BCUT2D eigenvalue weighted by Crippen LogP contribution is 2.13. The van der Waals surface area contributed by atoms with Crippen molar-refractivity contribution in [1.82, 2.24) is 9.80 Å². The largest absolute Gasteiger partial charge is 0.479 e. The van der Waals surface area contributed by atoms with Crippen LogP contribution in [0.3, 0.4) is 0 Å². The highest BCUT2D eigenvalue weighted by Gasteiger charge is 2.17. The molecule has 1 aliphatic rings. The fourth-order valence-electron chi connectivity index (χ4n) is 2.35. The van der Waals surface area contributed by atoms with Crippen LogP contribution in [-0.2, 0) is 4.79 Å². The third-order valence-electron chi connectivity index (χ3n) is 3.73. The summed E-state index contributed by atoms with van der Waals surface area (Å²) in [5.41, 5.74) is 0.935. The third kappa shape index (κ3) is 4.61. The van der Waals surface area contributed by atoms with Gasteiger partial charge in [-0.1, -0.05) is 19.1 Å². The van der Waals surface area contributed by atoms with Crippen molar-refractivity contribution in [3.8, 4) is 11.8 Å². The molecule has 1 saturated heterocycles. The molecule has 0 aliphatic carbocycles. The number of rotatable bonds is 5. The fraction of sp³-hybridized carbons (Fsp3) is 0.412. The second kappa shape index (κ2) is 8.20. The van der Waals surface area contributed by atoms with E-state index in [1.165, 1.54) is 0 Å². The van der Waals surface area contributed by atoms with Crippen molar-refractivity contribution in [1.29, 1.82) is 5.26 Å². The molecule has 5 heteroatoms. The molecule has 1 aliphatic heterocycles. The fourth-order valence-corrected chi connectivity index (χ4v) is 2.35. The summed E-state index contributed by atoms with van der Waals surface area (Å²) < 4.78 is 5.19. The van der Waals surface area contributed by atoms with E-state index in [9.17, 15) is 4.79 Å². The minimum absolute atomic E-state index is 0.0391. The maximum Gasteiger partial charge on any atom is 0.246 e. The van der Waals surface area contributed by atoms with E-state index in [0.29, 0.717) is 5.75 Å². The van der Waals surface area contributed by atoms with Gasteiger partial charge in [0.25, 0.3) is 0 Å². The Labute approximate surface area is 131 Å². The molecule has 0 atom stereocenters. The number of carbonyl (C=O) groups excluding carboxylic acids is 1. The van der Waals surface area contributed by atoms with E-state index in [1.807, 2.05) is 29.2 Å². The molecule has 1 heterocycles. The second-order valence-corrected chi connectivity index (χ2v) is 5.11. The van der Waals surface area contributed by atoms with Crippen LogP contribution in [0.15, 0.2) is 30.3 Å². The van der Waals surface area contributed by atoms with E-state index < -0.39 is 0 Å². The summed E-state index contributed by atoms with van der Waals surface area (Å²) in [5, 5.41) is 8.45. The lowest BCUT2D eigenvalue weighted by molar-refractivity contribution is -0.127. The minimum atomic E-state index is 0.0391. The normalized spacial score (nSPS) is 15.7. The quantitative estimate of drug-likeness (QED) is 0.778. The average molecular weight is 299 g/mol. The molecule has 0 radical (unpaired) electrons. The lowest BCUT2D eigenvalue weighted by Crippen LogP contribution is -2.48. The third-order valence-corrected chi connectivity index (χ3v) is 3.73. The maximum absolute atomic E-state index is 12.1. The molecule has 5 nitrogen and oxygen atoms in total. The van der Waals surface area contributed by atoms with Gasteiger partial charge in [0.1, 0.15) is 11.8 Å². The first-order valence-corrected chi connectivity index (χ1v) is 7.52. The number of ether oxygens (including phenoxy) is 1. The summed E-state index contributed by atoms with van der Waals surface area (Å²) >= 11 is 0. The number of piperazine rings is 1. The van der Waals surface area contributed by atoms with Crippen molar-refractivity contribution in [2.75, 3.05) is 39.3 Å². The maximum atomic E-state index is 12.1. The highest BCUT2D eigenvalue weighted by atomic mass is 16.5. The minimum Gasteiger partial charge on any atom is -0.479 e. The average Bonchev–Trinajstić information content (AvgIpc) is 2.58. The Morgan fingerprint density at radius 3 is 2.55 bits per heavy atom. The van der Waals surface area contributed by atoms with Crippen molar-refractivity contribution >= 4 is 12.0 Å². The summed E-state index contributed by atoms with van der Waals surface area (Å²) in [7, 11) is 0. The zero-order chi connectivity index (χ0) is 15.8. The molecule has 1 fully saturated rings. The topological polar surface area (TPSA) is 56.6 Å². The molecule has 22 heavy (non-hydrogen) atoms. The summed E-state index contributed by atoms with van der Waals surface area (Å²) in [6, 6.07) is 9.24. The molecular weight excluding hydrogens is 278 g/mol. The molecule has 1 amide bonds. The van der Waals surface area contributed by atoms with E-state index in [0.717, 1.165) is 38.3 Å². The number of benzene rings is 1. The first-order valence-electron chi connectivity index (χ1n) is 7.52. The van der Waals surface area contributed by atoms with Crippen LogP contribution in [0.5, 0.6) is 5.75 Å². The molecule has 0 N–H and O–H groups in total. The monoisotopic (exact) mass is 299 g/mol. The summed E-state index contributed by atoms with van der Waals surface area (Å²) in [5.74, 6) is 0.710. The van der Waals surface area contributed by atoms with Crippen molar-refractivity contribution in [2.45, 2.75) is 6.92 Å². The van der Waals surface area contributed by atoms with Gasteiger partial charge in [-0.3, -0.25) is 4.79 Å². The van der Waals surface area contributed by atoms with Crippen LogP contribution in [0, 0.1) is 11.3 Å². The Balaban J connectivity index is 1.86. The van der Waals surface area contributed by atoms with Gasteiger partial charge in [0.05, 0.1) is 0 Å². The molecule has 0 saturated carbocycles. The zero-order valence-corrected chi connectivity index (χ0v) is 12.9. The van der Waals surface area contributed by atoms with E-state index in [1.54, 1.807) is 18.2 Å². The van der Waals surface area contributed by atoms with Gasteiger partial charge in [-0.25, -0.2) is 0 Å². The number of nitrogens with zero attached hydrogens (tertiary/aromatic N) is 3. The summed E-state index contributed by atoms with van der Waals surface area (Å²) in [6.07, 6.45) is 3.43. The highest BCUT2D eigenvalue weighted by molar-refractivity contribution is 5.91. The van der Waals surface area contributed by atoms with Gasteiger partial charge in [-0.15, -0.1) is 0 Å². The molecule has 0 unspecified atom stereocenters. The number of amides is 1. The van der Waals surface area contributed by atoms with Crippen LogP contribution in [0.25, 0.3) is 6.08 Å². The number of nitriles is 1. The van der Waals surface area contributed by atoms with Gasteiger partial charge in [-0.05, 0) is 30.3 Å². The Morgan fingerprint density at radius 2 is 1.95 bits per heavy atom. The molecule has 1 aromatic carbocycles. The lowest BCUT2D eigenvalue weighted by Gasteiger charge is -2.33. The lowest BCUT2D eigenvalue weighted by atomic mass is 10.2. The number of hydrogen-bond donors (Lipinski definition) is 0. The number of carbonyl (C=O) groups is 1. The standard InChI is InChI=1S/C17H21N3O2/c1-2-19-10-12-20(13-11-19)17(21)8-5-15-3-6-16(7-4-15)22-14-9-18/h3-8H,2,10-14H2,1H3. The Hall–Kier alpha value is -2.32. The summed E-state index contributed by atoms with van der Waals surface area (Å²) in [4.78, 5) is 16.4. The van der Waals surface area contributed by atoms with Crippen LogP contribution < -0.4 is 4.74 Å². The van der Waals surface area contributed by atoms with Gasteiger partial charge >= 0.3 is 0 Å². The van der Waals surface area contributed by atoms with Crippen LogP contribution >= 0.6 is 0 Å². The van der Waals surface area contributed by atoms with Gasteiger partial charge in [0.2, 0.25) is 5.91 Å². The Morgan fingerprint density at radius 1 is 1.27 bits per heavy atom. The van der Waals surface area contributed by atoms with Gasteiger partial charge in [0.15, 0.2) is 6.61 Å². The zero-order valence-electron chi connectivity index (χ0n) is 12.9. The van der Waals surface area contributed by atoms with Crippen LogP contribution in [0.4, 0.5) is 0 Å². The van der Waals surface area contributed by atoms with E-state index in [2.05, 4.69) is 11.8 Å². The molecule has 2 rings (SSSR count). The molecule has 1 aromatic rings. The van der Waals surface area contributed by atoms with Crippen molar-refractivity contribution < 1.29 is 9.53 Å². The predicted molar refractivity (Wildman–Crippen MR) is 85.3 cm³/mol. The Bertz CT molecular complexity index is 552. The Kier molecular flexibility index (Phi) is 5.99. The predicted octanol–water partition coefficient (Wildman–Crippen LogP) is 1.77. The smallest absolute Gasteiger partial charge is 0.246 e. The second-order valence-electron chi connectivity index (χ2n) is 5.11. The van der Waals surface area contributed by atoms with Crippen molar-refractivity contribution in [3.05, 3.63) is 35.9 Å². The molecule has 116 valence electrons. The van der Waals surface area contributed by atoms with Crippen molar-refractivity contribution in [2.24, 2.45) is 0 Å². The van der Waals surface area contributed by atoms with Crippen LogP contribution in [0.2, 0.25) is 0 Å². The SMILES string of the molecule is CCN1CCN(C(=O)C=Cc2ccc(OCC#N)cc2)CC1. The van der Waals surface area contributed by atoms with Gasteiger partial charge < -0.3 is 14.5 Å². The molecular formula is C17H21N3O2. The van der Waals surface area contributed by atoms with Crippen LogP contribution in [-0.4, -0.2) is 55.0 Å². The molecule has 0 aromatic heterocycles. The molecule has 0 bridgehead atoms. The first kappa shape index (κ1) is 16.1. The van der Waals surface area contributed by atoms with E-state index in [4.69, 9.17) is 10.00 Å². The number of hydrogen-bond acceptors (Lipinski definition) is 4. The van der Waals surface area contributed by atoms with Crippen molar-refractivity contribution in [3.63, 3.8) is 0 Å².